The first-order valence-electron chi connectivity index (χ1n) is 6.24. The summed E-state index contributed by atoms with van der Waals surface area (Å²) in [4.78, 5) is 10.2. The van der Waals surface area contributed by atoms with Crippen LogP contribution in [-0.4, -0.2) is 16.5 Å². The number of hydrogen-bond donors (Lipinski definition) is 1. The molecule has 1 N–H and O–H groups in total. The Morgan fingerprint density at radius 3 is 2.76 bits per heavy atom. The van der Waals surface area contributed by atoms with Crippen molar-refractivity contribution < 1.29 is 0 Å². The van der Waals surface area contributed by atoms with Crippen molar-refractivity contribution >= 4 is 71.5 Å². The van der Waals surface area contributed by atoms with Crippen LogP contribution in [0.5, 0.6) is 0 Å². The molecule has 0 saturated carbocycles. The summed E-state index contributed by atoms with van der Waals surface area (Å²) >= 11 is 14.8. The predicted octanol–water partition coefficient (Wildman–Crippen LogP) is 5.97. The molecular formula is C14H10Br2ClN3S. The Labute approximate surface area is 148 Å². The van der Waals surface area contributed by atoms with Crippen molar-refractivity contribution in [3.63, 3.8) is 0 Å². The minimum absolute atomic E-state index is 0.640. The van der Waals surface area contributed by atoms with E-state index in [1.54, 1.807) is 0 Å². The van der Waals surface area contributed by atoms with Crippen LogP contribution in [0.25, 0.3) is 21.6 Å². The summed E-state index contributed by atoms with van der Waals surface area (Å²) in [6.45, 7) is 2.83. The lowest BCUT2D eigenvalue weighted by Crippen LogP contribution is -2.03. The van der Waals surface area contributed by atoms with E-state index in [-0.39, 0.29) is 0 Å². The lowest BCUT2D eigenvalue weighted by Gasteiger charge is -2.10. The molecule has 0 aliphatic carbocycles. The Kier molecular flexibility index (Phi) is 4.49. The smallest absolute Gasteiger partial charge is 0.173 e. The molecule has 2 heterocycles. The topological polar surface area (TPSA) is 37.8 Å². The van der Waals surface area contributed by atoms with E-state index in [9.17, 15) is 0 Å². The van der Waals surface area contributed by atoms with Crippen molar-refractivity contribution in [1.82, 2.24) is 9.97 Å². The van der Waals surface area contributed by atoms with Crippen molar-refractivity contribution in [3.05, 3.63) is 37.5 Å². The van der Waals surface area contributed by atoms with E-state index < -0.39 is 0 Å². The summed E-state index contributed by atoms with van der Waals surface area (Å²) in [6.07, 6.45) is 0. The van der Waals surface area contributed by atoms with E-state index in [0.29, 0.717) is 10.8 Å². The second kappa shape index (κ2) is 6.20. The molecule has 0 aliphatic heterocycles. The number of benzene rings is 1. The quantitative estimate of drug-likeness (QED) is 0.538. The molecule has 0 bridgehead atoms. The zero-order valence-electron chi connectivity index (χ0n) is 11.0. The normalized spacial score (nSPS) is 11.0. The van der Waals surface area contributed by atoms with Gasteiger partial charge in [-0.2, -0.15) is 0 Å². The van der Waals surface area contributed by atoms with Crippen LogP contribution in [-0.2, 0) is 0 Å². The number of thiophene rings is 1. The molecule has 0 fully saturated rings. The fraction of sp³-hybridized carbons (Fsp3) is 0.143. The van der Waals surface area contributed by atoms with E-state index in [1.165, 1.54) is 11.3 Å². The van der Waals surface area contributed by atoms with Crippen LogP contribution >= 0.6 is 54.8 Å². The maximum absolute atomic E-state index is 6.21. The minimum atomic E-state index is 0.640. The van der Waals surface area contributed by atoms with Gasteiger partial charge in [0.15, 0.2) is 5.82 Å². The van der Waals surface area contributed by atoms with Crippen molar-refractivity contribution in [1.29, 1.82) is 0 Å². The van der Waals surface area contributed by atoms with E-state index in [1.807, 2.05) is 30.5 Å². The van der Waals surface area contributed by atoms with E-state index >= 15 is 0 Å². The van der Waals surface area contributed by atoms with Gasteiger partial charge in [0.2, 0.25) is 0 Å². The second-order valence-corrected chi connectivity index (χ2v) is 7.40. The molecule has 0 spiro atoms. The van der Waals surface area contributed by atoms with Gasteiger partial charge in [-0.3, -0.25) is 0 Å². The number of anilines is 1. The van der Waals surface area contributed by atoms with Crippen molar-refractivity contribution in [2.75, 3.05) is 11.9 Å². The third-order valence-electron chi connectivity index (χ3n) is 2.88. The first-order valence-corrected chi connectivity index (χ1v) is 9.08. The molecule has 3 rings (SSSR count). The summed E-state index contributed by atoms with van der Waals surface area (Å²) in [6, 6.07) is 5.85. The maximum Gasteiger partial charge on any atom is 0.173 e. The molecule has 3 nitrogen and oxygen atoms in total. The van der Waals surface area contributed by atoms with Gasteiger partial charge in [-0.15, -0.1) is 11.3 Å². The average molecular weight is 448 g/mol. The number of halogens is 3. The summed E-state index contributed by atoms with van der Waals surface area (Å²) in [5.41, 5.74) is 0.864. The second-order valence-electron chi connectivity index (χ2n) is 4.31. The lowest BCUT2D eigenvalue weighted by molar-refractivity contribution is 1.15. The van der Waals surface area contributed by atoms with Crippen LogP contribution in [0.1, 0.15) is 6.92 Å². The van der Waals surface area contributed by atoms with Gasteiger partial charge >= 0.3 is 0 Å². The molecular weight excluding hydrogens is 438 g/mol. The first-order chi connectivity index (χ1) is 10.1. The molecule has 3 aromatic rings. The number of rotatable bonds is 3. The SMILES string of the molecule is CCNc1nc(-c2sccc2Cl)nc2c(Br)cc(Br)cc12. The van der Waals surface area contributed by atoms with Crippen molar-refractivity contribution in [2.24, 2.45) is 0 Å². The fourth-order valence-corrected chi connectivity index (χ4v) is 4.40. The van der Waals surface area contributed by atoms with E-state index in [2.05, 4.69) is 47.1 Å². The summed E-state index contributed by atoms with van der Waals surface area (Å²) in [7, 11) is 0. The third-order valence-corrected chi connectivity index (χ3v) is 5.28. The molecule has 0 saturated heterocycles. The predicted molar refractivity (Wildman–Crippen MR) is 97.4 cm³/mol. The Balaban J connectivity index is 2.32. The zero-order valence-corrected chi connectivity index (χ0v) is 15.7. The fourth-order valence-electron chi connectivity index (χ4n) is 2.01. The molecule has 0 amide bonds. The number of nitrogens with zero attached hydrogens (tertiary/aromatic N) is 2. The third kappa shape index (κ3) is 2.95. The highest BCUT2D eigenvalue weighted by Crippen LogP contribution is 2.36. The van der Waals surface area contributed by atoms with Gasteiger partial charge in [0.1, 0.15) is 5.82 Å². The Hall–Kier alpha value is -0.690. The molecule has 2 aromatic heterocycles. The molecule has 0 radical (unpaired) electrons. The standard InChI is InChI=1S/C14H10Br2ClN3S/c1-2-18-13-8-5-7(15)6-9(16)11(8)19-14(20-13)12-10(17)3-4-21-12/h3-6H,2H2,1H3,(H,18,19,20). The van der Waals surface area contributed by atoms with Gasteiger partial charge in [-0.25, -0.2) is 9.97 Å². The molecule has 1 aromatic carbocycles. The van der Waals surface area contributed by atoms with Gasteiger partial charge in [-0.05, 0) is 46.4 Å². The highest BCUT2D eigenvalue weighted by molar-refractivity contribution is 9.11. The van der Waals surface area contributed by atoms with Gasteiger partial charge in [0, 0.05) is 20.9 Å². The number of nitrogens with one attached hydrogen (secondary N) is 1. The summed E-state index contributed by atoms with van der Waals surface area (Å²) < 4.78 is 1.90. The van der Waals surface area contributed by atoms with E-state index in [0.717, 1.165) is 37.1 Å². The largest absolute Gasteiger partial charge is 0.370 e. The molecule has 108 valence electrons. The Bertz CT molecular complexity index is 819. The summed E-state index contributed by atoms with van der Waals surface area (Å²) in [5.74, 6) is 1.45. The average Bonchev–Trinajstić information content (AvgIpc) is 2.86. The van der Waals surface area contributed by atoms with Crippen LogP contribution in [0.3, 0.4) is 0 Å². The molecule has 0 aliphatic rings. The maximum atomic E-state index is 6.21. The van der Waals surface area contributed by atoms with Gasteiger partial charge < -0.3 is 5.32 Å². The highest BCUT2D eigenvalue weighted by Gasteiger charge is 2.15. The molecule has 7 heteroatoms. The van der Waals surface area contributed by atoms with Crippen molar-refractivity contribution in [3.8, 4) is 10.7 Å². The van der Waals surface area contributed by atoms with E-state index in [4.69, 9.17) is 11.6 Å². The molecule has 0 atom stereocenters. The monoisotopic (exact) mass is 445 g/mol. The number of aromatic nitrogens is 2. The molecule has 21 heavy (non-hydrogen) atoms. The first kappa shape index (κ1) is 15.2. The minimum Gasteiger partial charge on any atom is -0.370 e. The van der Waals surface area contributed by atoms with Gasteiger partial charge in [-0.1, -0.05) is 27.5 Å². The number of fused-ring (bicyclic) bond motifs is 1. The highest BCUT2D eigenvalue weighted by atomic mass is 79.9. The van der Waals surface area contributed by atoms with Crippen LogP contribution in [0.15, 0.2) is 32.5 Å². The van der Waals surface area contributed by atoms with Crippen LogP contribution in [0.2, 0.25) is 5.02 Å². The lowest BCUT2D eigenvalue weighted by atomic mass is 10.2. The van der Waals surface area contributed by atoms with Gasteiger partial charge in [0.25, 0.3) is 0 Å². The Morgan fingerprint density at radius 2 is 2.10 bits per heavy atom. The molecule has 0 unspecified atom stereocenters. The van der Waals surface area contributed by atoms with Crippen LogP contribution in [0.4, 0.5) is 5.82 Å². The van der Waals surface area contributed by atoms with Crippen LogP contribution in [0, 0.1) is 0 Å². The Morgan fingerprint density at radius 1 is 1.29 bits per heavy atom. The number of hydrogen-bond acceptors (Lipinski definition) is 4. The zero-order chi connectivity index (χ0) is 15.0. The summed E-state index contributed by atoms with van der Waals surface area (Å²) in [5, 5.41) is 6.88. The van der Waals surface area contributed by atoms with Crippen LogP contribution < -0.4 is 5.32 Å². The van der Waals surface area contributed by atoms with Gasteiger partial charge in [0.05, 0.1) is 15.4 Å². The van der Waals surface area contributed by atoms with Crippen molar-refractivity contribution in [2.45, 2.75) is 6.92 Å².